The summed E-state index contributed by atoms with van der Waals surface area (Å²) in [5.74, 6) is 1.24. The molecular weight excluding hydrogens is 314 g/mol. The molecule has 0 saturated heterocycles. The Kier molecular flexibility index (Phi) is 5.95. The number of rotatable bonds is 7. The van der Waals surface area contributed by atoms with E-state index in [9.17, 15) is 4.79 Å². The molecule has 0 unspecified atom stereocenters. The summed E-state index contributed by atoms with van der Waals surface area (Å²) in [7, 11) is 0. The second kappa shape index (κ2) is 8.58. The van der Waals surface area contributed by atoms with Crippen molar-refractivity contribution in [3.05, 3.63) is 42.5 Å². The van der Waals surface area contributed by atoms with E-state index in [1.807, 2.05) is 42.5 Å². The van der Waals surface area contributed by atoms with E-state index in [2.05, 4.69) is 20.8 Å². The lowest BCUT2D eigenvalue weighted by Gasteiger charge is -2.17. The van der Waals surface area contributed by atoms with Crippen LogP contribution in [0.15, 0.2) is 42.5 Å². The molecule has 0 spiro atoms. The van der Waals surface area contributed by atoms with Crippen molar-refractivity contribution in [3.8, 4) is 11.3 Å². The summed E-state index contributed by atoms with van der Waals surface area (Å²) in [6.07, 6.45) is 3.12. The molecule has 0 bridgehead atoms. The van der Waals surface area contributed by atoms with Gasteiger partial charge in [0.05, 0.1) is 5.69 Å². The molecule has 1 amide bonds. The lowest BCUT2D eigenvalue weighted by Crippen LogP contribution is -2.37. The normalized spacial score (nSPS) is 19.6. The van der Waals surface area contributed by atoms with Crippen molar-refractivity contribution in [1.29, 1.82) is 0 Å². The van der Waals surface area contributed by atoms with Crippen molar-refractivity contribution in [3.63, 3.8) is 0 Å². The van der Waals surface area contributed by atoms with Gasteiger partial charge in [-0.1, -0.05) is 36.8 Å². The summed E-state index contributed by atoms with van der Waals surface area (Å²) >= 11 is 0. The van der Waals surface area contributed by atoms with Gasteiger partial charge in [-0.05, 0) is 37.4 Å². The van der Waals surface area contributed by atoms with Crippen LogP contribution in [-0.4, -0.2) is 35.7 Å². The van der Waals surface area contributed by atoms with Crippen molar-refractivity contribution in [2.45, 2.75) is 19.3 Å². The average Bonchev–Trinajstić information content (AvgIpc) is 3.15. The molecule has 1 aliphatic carbocycles. The Morgan fingerprint density at radius 1 is 1.08 bits per heavy atom. The quantitative estimate of drug-likeness (QED) is 0.671. The molecule has 25 heavy (non-hydrogen) atoms. The monoisotopic (exact) mass is 339 g/mol. The zero-order valence-electron chi connectivity index (χ0n) is 14.3. The van der Waals surface area contributed by atoms with E-state index in [1.165, 1.54) is 0 Å². The van der Waals surface area contributed by atoms with Crippen LogP contribution in [0.3, 0.4) is 0 Å². The fourth-order valence-electron chi connectivity index (χ4n) is 3.36. The van der Waals surface area contributed by atoms with Gasteiger partial charge in [-0.15, -0.1) is 10.2 Å². The highest BCUT2D eigenvalue weighted by molar-refractivity contribution is 5.79. The Bertz CT molecular complexity index is 674. The number of carbonyl (C=O) groups excluding carboxylic acids is 1. The molecule has 1 aromatic carbocycles. The minimum absolute atomic E-state index is 0.0787. The molecule has 1 saturated carbocycles. The highest BCUT2D eigenvalue weighted by atomic mass is 16.1. The Morgan fingerprint density at radius 2 is 1.92 bits per heavy atom. The molecule has 3 rings (SSSR count). The van der Waals surface area contributed by atoms with Crippen LogP contribution in [0.5, 0.6) is 0 Å². The summed E-state index contributed by atoms with van der Waals surface area (Å²) in [5.41, 5.74) is 7.62. The number of benzene rings is 1. The minimum Gasteiger partial charge on any atom is -0.367 e. The number of nitrogens with two attached hydrogens (primary N) is 1. The molecule has 4 N–H and O–H groups in total. The maximum Gasteiger partial charge on any atom is 0.223 e. The standard InChI is InChI=1S/C19H25N5O/c20-13-15-7-4-8-16(15)19(25)22-12-11-21-18-10-9-17(23-24-18)14-5-2-1-3-6-14/h1-3,5-6,9-10,15-16H,4,7-8,11-13,20H2,(H,21,24)(H,22,25)/t15-,16-/m1/s1. The van der Waals surface area contributed by atoms with Gasteiger partial charge >= 0.3 is 0 Å². The average molecular weight is 339 g/mol. The smallest absolute Gasteiger partial charge is 0.223 e. The first-order valence-corrected chi connectivity index (χ1v) is 8.88. The first-order valence-electron chi connectivity index (χ1n) is 8.88. The first-order chi connectivity index (χ1) is 12.3. The third-order valence-electron chi connectivity index (χ3n) is 4.76. The van der Waals surface area contributed by atoms with Crippen molar-refractivity contribution in [2.75, 3.05) is 25.0 Å². The summed E-state index contributed by atoms with van der Waals surface area (Å²) in [5, 5.41) is 14.6. The molecule has 132 valence electrons. The van der Waals surface area contributed by atoms with Crippen molar-refractivity contribution in [2.24, 2.45) is 17.6 Å². The third-order valence-corrected chi connectivity index (χ3v) is 4.76. The molecule has 1 fully saturated rings. The van der Waals surface area contributed by atoms with Gasteiger partial charge in [-0.3, -0.25) is 4.79 Å². The van der Waals surface area contributed by atoms with E-state index in [-0.39, 0.29) is 11.8 Å². The van der Waals surface area contributed by atoms with E-state index in [0.29, 0.717) is 31.4 Å². The minimum atomic E-state index is 0.0787. The van der Waals surface area contributed by atoms with E-state index >= 15 is 0 Å². The largest absolute Gasteiger partial charge is 0.367 e. The second-order valence-corrected chi connectivity index (χ2v) is 6.42. The van der Waals surface area contributed by atoms with Crippen LogP contribution in [-0.2, 0) is 4.79 Å². The van der Waals surface area contributed by atoms with E-state index in [1.54, 1.807) is 0 Å². The molecule has 1 aliphatic rings. The van der Waals surface area contributed by atoms with E-state index in [0.717, 1.165) is 30.5 Å². The van der Waals surface area contributed by atoms with Gasteiger partial charge in [0.1, 0.15) is 5.82 Å². The number of hydrogen-bond donors (Lipinski definition) is 3. The predicted molar refractivity (Wildman–Crippen MR) is 98.9 cm³/mol. The molecular formula is C19H25N5O. The van der Waals surface area contributed by atoms with Gasteiger partial charge in [0, 0.05) is 24.6 Å². The van der Waals surface area contributed by atoms with E-state index in [4.69, 9.17) is 5.73 Å². The maximum atomic E-state index is 12.2. The Hall–Kier alpha value is -2.47. The highest BCUT2D eigenvalue weighted by Crippen LogP contribution is 2.30. The highest BCUT2D eigenvalue weighted by Gasteiger charge is 2.31. The Labute approximate surface area is 148 Å². The molecule has 1 heterocycles. The van der Waals surface area contributed by atoms with Gasteiger partial charge in [0.2, 0.25) is 5.91 Å². The summed E-state index contributed by atoms with van der Waals surface area (Å²) in [6, 6.07) is 13.8. The van der Waals surface area contributed by atoms with Gasteiger partial charge < -0.3 is 16.4 Å². The Morgan fingerprint density at radius 3 is 2.64 bits per heavy atom. The lowest BCUT2D eigenvalue weighted by atomic mass is 9.95. The fraction of sp³-hybridized carbons (Fsp3) is 0.421. The number of carbonyl (C=O) groups is 1. The molecule has 1 aromatic heterocycles. The molecule has 0 radical (unpaired) electrons. The van der Waals surface area contributed by atoms with Gasteiger partial charge in [-0.25, -0.2) is 0 Å². The second-order valence-electron chi connectivity index (χ2n) is 6.42. The number of hydrogen-bond acceptors (Lipinski definition) is 5. The zero-order chi connectivity index (χ0) is 17.5. The topological polar surface area (TPSA) is 92.9 Å². The molecule has 2 aromatic rings. The fourth-order valence-corrected chi connectivity index (χ4v) is 3.36. The number of anilines is 1. The van der Waals surface area contributed by atoms with Crippen molar-refractivity contribution in [1.82, 2.24) is 15.5 Å². The van der Waals surface area contributed by atoms with Crippen molar-refractivity contribution < 1.29 is 4.79 Å². The SMILES string of the molecule is NC[C@H]1CCC[C@H]1C(=O)NCCNc1ccc(-c2ccccc2)nn1. The van der Waals surface area contributed by atoms with Crippen LogP contribution in [0.4, 0.5) is 5.82 Å². The third kappa shape index (κ3) is 4.54. The zero-order valence-corrected chi connectivity index (χ0v) is 14.3. The van der Waals surface area contributed by atoms with Crippen molar-refractivity contribution >= 4 is 11.7 Å². The Balaban J connectivity index is 1.42. The maximum absolute atomic E-state index is 12.2. The number of nitrogens with one attached hydrogen (secondary N) is 2. The summed E-state index contributed by atoms with van der Waals surface area (Å²) in [4.78, 5) is 12.2. The van der Waals surface area contributed by atoms with Gasteiger partial charge in [0.15, 0.2) is 0 Å². The van der Waals surface area contributed by atoms with Crippen LogP contribution >= 0.6 is 0 Å². The molecule has 6 nitrogen and oxygen atoms in total. The molecule has 0 aliphatic heterocycles. The lowest BCUT2D eigenvalue weighted by molar-refractivity contribution is -0.125. The van der Waals surface area contributed by atoms with Crippen LogP contribution in [0.1, 0.15) is 19.3 Å². The van der Waals surface area contributed by atoms with Crippen LogP contribution < -0.4 is 16.4 Å². The van der Waals surface area contributed by atoms with Gasteiger partial charge in [-0.2, -0.15) is 0 Å². The summed E-state index contributed by atoms with van der Waals surface area (Å²) in [6.45, 7) is 1.78. The van der Waals surface area contributed by atoms with Crippen LogP contribution in [0.2, 0.25) is 0 Å². The predicted octanol–water partition coefficient (Wildman–Crippen LogP) is 2.05. The number of aromatic nitrogens is 2. The number of amides is 1. The first kappa shape index (κ1) is 17.4. The molecule has 2 atom stereocenters. The van der Waals surface area contributed by atoms with Gasteiger partial charge in [0.25, 0.3) is 0 Å². The number of nitrogens with zero attached hydrogens (tertiary/aromatic N) is 2. The summed E-state index contributed by atoms with van der Waals surface area (Å²) < 4.78 is 0. The molecule has 6 heteroatoms. The van der Waals surface area contributed by atoms with E-state index < -0.39 is 0 Å². The van der Waals surface area contributed by atoms with Crippen LogP contribution in [0.25, 0.3) is 11.3 Å². The van der Waals surface area contributed by atoms with Crippen LogP contribution in [0, 0.1) is 11.8 Å².